The van der Waals surface area contributed by atoms with Gasteiger partial charge in [0, 0.05) is 25.4 Å². The summed E-state index contributed by atoms with van der Waals surface area (Å²) < 4.78 is 0. The molecule has 14 heteroatoms. The molecule has 6 atom stereocenters. The zero-order chi connectivity index (χ0) is 38.4. The number of aliphatic hydroxyl groups excluding tert-OH is 1. The Morgan fingerprint density at radius 1 is 0.808 bits per heavy atom. The van der Waals surface area contributed by atoms with E-state index in [1.54, 1.807) is 26.0 Å². The summed E-state index contributed by atoms with van der Waals surface area (Å²) in [6, 6.07) is 6.42. The van der Waals surface area contributed by atoms with Crippen LogP contribution in [0.5, 0.6) is 11.5 Å². The van der Waals surface area contributed by atoms with E-state index in [-0.39, 0.29) is 37.3 Å². The lowest BCUT2D eigenvalue weighted by molar-refractivity contribution is -0.144. The monoisotopic (exact) mass is 725 g/mol. The second kappa shape index (κ2) is 20.4. The number of nitrogens with zero attached hydrogens (tertiary/aromatic N) is 1. The number of unbranched alkanes of at least 4 members (excludes halogenated alkanes) is 4. The summed E-state index contributed by atoms with van der Waals surface area (Å²) in [6.07, 6.45) is 4.52. The molecule has 1 aliphatic rings. The topological polar surface area (TPSA) is 232 Å². The van der Waals surface area contributed by atoms with E-state index in [1.807, 2.05) is 0 Å². The quantitative estimate of drug-likeness (QED) is 0.0927. The lowest BCUT2D eigenvalue weighted by atomic mass is 9.99. The van der Waals surface area contributed by atoms with Crippen molar-refractivity contribution in [2.45, 2.75) is 121 Å². The van der Waals surface area contributed by atoms with Crippen LogP contribution in [-0.4, -0.2) is 97.8 Å². The average molecular weight is 726 g/mol. The van der Waals surface area contributed by atoms with Crippen molar-refractivity contribution < 1.29 is 44.4 Å². The van der Waals surface area contributed by atoms with Gasteiger partial charge in [-0.15, -0.1) is 0 Å². The zero-order valence-electron chi connectivity index (χ0n) is 30.3. The van der Waals surface area contributed by atoms with Gasteiger partial charge in [0.25, 0.3) is 5.91 Å². The lowest BCUT2D eigenvalue weighted by Crippen LogP contribution is -2.59. The summed E-state index contributed by atoms with van der Waals surface area (Å²) in [4.78, 5) is 67.9. The first-order chi connectivity index (χ1) is 24.7. The SMILES string of the molecule is CCCCCCC[C@@H](N)[C@H](O)C(=O)N[C@@H](C(=O)N1CCC[C@H]1C(=O)N[C@H](Cc1ccc(O)cc1)C(=O)N[C@@H](Cc1ccc(O)cc1)C(=O)O)C(C)C. The second-order valence-corrected chi connectivity index (χ2v) is 13.9. The highest BCUT2D eigenvalue weighted by molar-refractivity contribution is 5.96. The summed E-state index contributed by atoms with van der Waals surface area (Å²) in [6.45, 7) is 5.81. The van der Waals surface area contributed by atoms with Crippen molar-refractivity contribution in [2.75, 3.05) is 6.54 Å². The van der Waals surface area contributed by atoms with Crippen molar-refractivity contribution in [1.82, 2.24) is 20.9 Å². The standard InChI is InChI=1S/C38H55N5O9/c1-4-5-6-7-8-10-28(39)33(46)36(49)42-32(23(2)3)37(50)43-20-9-11-31(43)35(48)40-29(21-24-12-16-26(44)17-13-24)34(47)41-30(38(51)52)22-25-14-18-27(45)19-15-25/h12-19,23,28-33,44-46H,4-11,20-22,39H2,1-3H3,(H,40,48)(H,41,47)(H,42,49)(H,51,52)/t28-,29-,30+,31+,32-,33+/m1/s1. The van der Waals surface area contributed by atoms with Crippen LogP contribution in [0.4, 0.5) is 0 Å². The van der Waals surface area contributed by atoms with E-state index in [0.29, 0.717) is 24.0 Å². The average Bonchev–Trinajstić information content (AvgIpc) is 3.61. The zero-order valence-corrected chi connectivity index (χ0v) is 30.3. The molecule has 1 saturated heterocycles. The first-order valence-corrected chi connectivity index (χ1v) is 18.2. The molecule has 0 unspecified atom stereocenters. The van der Waals surface area contributed by atoms with Gasteiger partial charge in [-0.1, -0.05) is 77.1 Å². The minimum Gasteiger partial charge on any atom is -0.508 e. The van der Waals surface area contributed by atoms with Crippen LogP contribution in [-0.2, 0) is 36.8 Å². The molecule has 2 aromatic carbocycles. The van der Waals surface area contributed by atoms with Gasteiger partial charge in [-0.25, -0.2) is 4.79 Å². The van der Waals surface area contributed by atoms with Crippen LogP contribution in [0.2, 0.25) is 0 Å². The second-order valence-electron chi connectivity index (χ2n) is 13.9. The van der Waals surface area contributed by atoms with Gasteiger partial charge in [0.15, 0.2) is 0 Å². The third-order valence-corrected chi connectivity index (χ3v) is 9.38. The van der Waals surface area contributed by atoms with E-state index in [2.05, 4.69) is 22.9 Å². The normalized spacial score (nSPS) is 17.1. The van der Waals surface area contributed by atoms with Crippen molar-refractivity contribution in [2.24, 2.45) is 11.7 Å². The van der Waals surface area contributed by atoms with E-state index in [4.69, 9.17) is 5.73 Å². The summed E-state index contributed by atoms with van der Waals surface area (Å²) >= 11 is 0. The van der Waals surface area contributed by atoms with Crippen molar-refractivity contribution >= 4 is 29.6 Å². The van der Waals surface area contributed by atoms with Gasteiger partial charge in [0.1, 0.15) is 41.8 Å². The minimum absolute atomic E-state index is 0.00237. The first kappa shape index (κ1) is 41.7. The number of rotatable bonds is 20. The molecular formula is C38H55N5O9. The Kier molecular flexibility index (Phi) is 16.4. The summed E-state index contributed by atoms with van der Waals surface area (Å²) in [7, 11) is 0. The number of aromatic hydroxyl groups is 2. The maximum atomic E-state index is 13.9. The largest absolute Gasteiger partial charge is 0.508 e. The van der Waals surface area contributed by atoms with Gasteiger partial charge in [-0.3, -0.25) is 19.2 Å². The Labute approximate surface area is 305 Å². The number of amides is 4. The van der Waals surface area contributed by atoms with Gasteiger partial charge >= 0.3 is 5.97 Å². The van der Waals surface area contributed by atoms with Crippen LogP contribution in [0, 0.1) is 5.92 Å². The van der Waals surface area contributed by atoms with Gasteiger partial charge in [0.05, 0.1) is 0 Å². The first-order valence-electron chi connectivity index (χ1n) is 18.2. The van der Waals surface area contributed by atoms with Crippen LogP contribution >= 0.6 is 0 Å². The summed E-state index contributed by atoms with van der Waals surface area (Å²) in [5.74, 6) is -4.38. The highest BCUT2D eigenvalue weighted by atomic mass is 16.4. The Hall–Kier alpha value is -4.69. The molecule has 9 N–H and O–H groups in total. The Bertz CT molecular complexity index is 1480. The van der Waals surface area contributed by atoms with Crippen LogP contribution in [0.15, 0.2) is 48.5 Å². The van der Waals surface area contributed by atoms with Crippen LogP contribution < -0.4 is 21.7 Å². The summed E-state index contributed by atoms with van der Waals surface area (Å²) in [5.41, 5.74) is 7.24. The maximum Gasteiger partial charge on any atom is 0.326 e. The highest BCUT2D eigenvalue weighted by Gasteiger charge is 2.40. The number of carbonyl (C=O) groups excluding carboxylic acids is 4. The molecule has 0 bridgehead atoms. The molecule has 0 aromatic heterocycles. The number of likely N-dealkylation sites (tertiary alicyclic amines) is 1. The molecule has 0 aliphatic carbocycles. The van der Waals surface area contributed by atoms with Crippen molar-refractivity contribution in [3.63, 3.8) is 0 Å². The Morgan fingerprint density at radius 3 is 1.90 bits per heavy atom. The highest BCUT2D eigenvalue weighted by Crippen LogP contribution is 2.22. The number of nitrogens with one attached hydrogen (secondary N) is 3. The fourth-order valence-electron chi connectivity index (χ4n) is 6.25. The van der Waals surface area contributed by atoms with Crippen LogP contribution in [0.1, 0.15) is 83.3 Å². The minimum atomic E-state index is -1.51. The van der Waals surface area contributed by atoms with Gasteiger partial charge in [0.2, 0.25) is 17.7 Å². The molecule has 1 fully saturated rings. The molecule has 286 valence electrons. The molecule has 4 amide bonds. The predicted octanol–water partition coefficient (Wildman–Crippen LogP) is 2.12. The molecule has 1 heterocycles. The van der Waals surface area contributed by atoms with Gasteiger partial charge < -0.3 is 47.0 Å². The number of nitrogens with two attached hydrogens (primary N) is 1. The number of carbonyl (C=O) groups is 5. The molecule has 0 saturated carbocycles. The Balaban J connectivity index is 1.74. The molecule has 52 heavy (non-hydrogen) atoms. The third kappa shape index (κ3) is 12.5. The molecule has 1 aliphatic heterocycles. The summed E-state index contributed by atoms with van der Waals surface area (Å²) in [5, 5.41) is 47.8. The molecule has 14 nitrogen and oxygen atoms in total. The van der Waals surface area contributed by atoms with E-state index in [9.17, 15) is 44.4 Å². The maximum absolute atomic E-state index is 13.9. The molecule has 2 aromatic rings. The lowest BCUT2D eigenvalue weighted by Gasteiger charge is -2.32. The van der Waals surface area contributed by atoms with Crippen molar-refractivity contribution in [3.05, 3.63) is 59.7 Å². The number of hydrogen-bond acceptors (Lipinski definition) is 9. The smallest absolute Gasteiger partial charge is 0.326 e. The number of aliphatic hydroxyl groups is 1. The number of carboxylic acids is 1. The Morgan fingerprint density at radius 2 is 1.37 bits per heavy atom. The predicted molar refractivity (Wildman–Crippen MR) is 194 cm³/mol. The fraction of sp³-hybridized carbons (Fsp3) is 0.553. The van der Waals surface area contributed by atoms with E-state index >= 15 is 0 Å². The number of benzene rings is 2. The van der Waals surface area contributed by atoms with Crippen LogP contribution in [0.25, 0.3) is 0 Å². The van der Waals surface area contributed by atoms with Crippen molar-refractivity contribution in [1.29, 1.82) is 0 Å². The van der Waals surface area contributed by atoms with E-state index < -0.39 is 71.8 Å². The van der Waals surface area contributed by atoms with Gasteiger partial charge in [-0.2, -0.15) is 0 Å². The molecule has 3 rings (SSSR count). The third-order valence-electron chi connectivity index (χ3n) is 9.38. The molecular weight excluding hydrogens is 670 g/mol. The van der Waals surface area contributed by atoms with E-state index in [1.165, 1.54) is 41.3 Å². The number of phenolic OH excluding ortho intramolecular Hbond substituents is 2. The number of phenols is 2. The van der Waals surface area contributed by atoms with Crippen LogP contribution in [0.3, 0.4) is 0 Å². The van der Waals surface area contributed by atoms with E-state index in [0.717, 1.165) is 32.1 Å². The molecule has 0 radical (unpaired) electrons. The van der Waals surface area contributed by atoms with Crippen molar-refractivity contribution in [3.8, 4) is 11.5 Å². The number of aliphatic carboxylic acids is 1. The fourth-order valence-corrected chi connectivity index (χ4v) is 6.25. The van der Waals surface area contributed by atoms with Gasteiger partial charge in [-0.05, 0) is 60.6 Å². The number of carboxylic acid groups (broad SMARTS) is 1. The molecule has 0 spiro atoms. The number of hydrogen-bond donors (Lipinski definition) is 8.